The molecule has 0 atom stereocenters. The average Bonchev–Trinajstić information content (AvgIpc) is 2.63. The van der Waals surface area contributed by atoms with Crippen molar-refractivity contribution in [2.45, 2.75) is 6.92 Å². The molecule has 25 heavy (non-hydrogen) atoms. The number of ether oxygens (including phenoxy) is 3. The van der Waals surface area contributed by atoms with Crippen LogP contribution in [0.4, 0.5) is 0 Å². The zero-order valence-electron chi connectivity index (χ0n) is 13.9. The van der Waals surface area contributed by atoms with E-state index in [0.29, 0.717) is 12.4 Å². The van der Waals surface area contributed by atoms with E-state index in [0.717, 1.165) is 10.8 Å². The lowest BCUT2D eigenvalue weighted by Crippen LogP contribution is -2.14. The van der Waals surface area contributed by atoms with Crippen molar-refractivity contribution in [3.05, 3.63) is 54.6 Å². The molecule has 128 valence electrons. The van der Waals surface area contributed by atoms with Crippen molar-refractivity contribution in [3.8, 4) is 17.6 Å². The van der Waals surface area contributed by atoms with Gasteiger partial charge < -0.3 is 14.2 Å². The van der Waals surface area contributed by atoms with Gasteiger partial charge in [0.1, 0.15) is 5.75 Å². The highest BCUT2D eigenvalue weighted by atomic mass is 16.6. The van der Waals surface area contributed by atoms with Gasteiger partial charge in [-0.25, -0.2) is 9.59 Å². The predicted molar refractivity (Wildman–Crippen MR) is 94.0 cm³/mol. The Bertz CT molecular complexity index is 827. The van der Waals surface area contributed by atoms with Crippen LogP contribution in [-0.4, -0.2) is 31.8 Å². The Kier molecular flexibility index (Phi) is 7.08. The molecule has 2 aromatic rings. The highest BCUT2D eigenvalue weighted by molar-refractivity contribution is 5.84. The molecule has 0 spiro atoms. The second kappa shape index (κ2) is 9.78. The Morgan fingerprint density at radius 1 is 1.08 bits per heavy atom. The van der Waals surface area contributed by atoms with E-state index in [4.69, 9.17) is 14.2 Å². The van der Waals surface area contributed by atoms with Gasteiger partial charge in [0.2, 0.25) is 0 Å². The van der Waals surface area contributed by atoms with Gasteiger partial charge in [-0.1, -0.05) is 42.2 Å². The molecular formula is C20H18O5. The van der Waals surface area contributed by atoms with E-state index in [-0.39, 0.29) is 13.2 Å². The number of hydrogen-bond donors (Lipinski definition) is 0. The zero-order valence-corrected chi connectivity index (χ0v) is 13.9. The van der Waals surface area contributed by atoms with E-state index in [1.54, 1.807) is 13.0 Å². The minimum absolute atomic E-state index is 0.0763. The first-order chi connectivity index (χ1) is 12.2. The average molecular weight is 338 g/mol. The molecule has 0 saturated carbocycles. The summed E-state index contributed by atoms with van der Waals surface area (Å²) in [4.78, 5) is 22.6. The maximum atomic E-state index is 11.6. The van der Waals surface area contributed by atoms with E-state index in [2.05, 4.69) is 11.8 Å². The molecule has 0 unspecified atom stereocenters. The first-order valence-electron chi connectivity index (χ1n) is 7.78. The van der Waals surface area contributed by atoms with Gasteiger partial charge in [-0.3, -0.25) is 0 Å². The lowest BCUT2D eigenvalue weighted by Gasteiger charge is -2.06. The van der Waals surface area contributed by atoms with Gasteiger partial charge in [-0.15, -0.1) is 0 Å². The highest BCUT2D eigenvalue weighted by Gasteiger charge is 2.04. The molecule has 0 heterocycles. The standard InChI is InChI=1S/C20H18O5/c1-2-23-19(21)10-4-3-7-13-24-20(22)15-25-18-12-11-16-8-5-6-9-17(16)14-18/h4-6,8-12,14H,2,13,15H2,1H3. The fraction of sp³-hybridized carbons (Fsp3) is 0.200. The van der Waals surface area contributed by atoms with Crippen molar-refractivity contribution >= 4 is 22.7 Å². The molecule has 0 aliphatic carbocycles. The third-order valence-electron chi connectivity index (χ3n) is 3.07. The Hall–Kier alpha value is -3.26. The lowest BCUT2D eigenvalue weighted by molar-refractivity contribution is -0.144. The predicted octanol–water partition coefficient (Wildman–Crippen LogP) is 2.88. The van der Waals surface area contributed by atoms with Crippen LogP contribution in [0.1, 0.15) is 6.92 Å². The number of allylic oxidation sites excluding steroid dienone is 1. The van der Waals surface area contributed by atoms with Gasteiger partial charge in [0.05, 0.1) is 6.61 Å². The number of hydrogen-bond acceptors (Lipinski definition) is 5. The highest BCUT2D eigenvalue weighted by Crippen LogP contribution is 2.20. The molecule has 0 bridgehead atoms. The molecular weight excluding hydrogens is 320 g/mol. The van der Waals surface area contributed by atoms with Crippen molar-refractivity contribution in [1.29, 1.82) is 0 Å². The first-order valence-corrected chi connectivity index (χ1v) is 7.78. The molecule has 0 radical (unpaired) electrons. The lowest BCUT2D eigenvalue weighted by atomic mass is 10.1. The number of carbonyl (C=O) groups excluding carboxylic acids is 2. The number of carbonyl (C=O) groups is 2. The fourth-order valence-corrected chi connectivity index (χ4v) is 1.96. The van der Waals surface area contributed by atoms with Gasteiger partial charge in [0.15, 0.2) is 13.2 Å². The van der Waals surface area contributed by atoms with Crippen LogP contribution in [0.25, 0.3) is 10.8 Å². The van der Waals surface area contributed by atoms with Gasteiger partial charge in [0, 0.05) is 6.08 Å². The van der Waals surface area contributed by atoms with Crippen molar-refractivity contribution in [2.75, 3.05) is 19.8 Å². The van der Waals surface area contributed by atoms with Crippen molar-refractivity contribution in [1.82, 2.24) is 0 Å². The summed E-state index contributed by atoms with van der Waals surface area (Å²) in [6.07, 6.45) is 2.55. The summed E-state index contributed by atoms with van der Waals surface area (Å²) in [6.45, 7) is 1.76. The number of fused-ring (bicyclic) bond motifs is 1. The quantitative estimate of drug-likeness (QED) is 0.460. The topological polar surface area (TPSA) is 61.8 Å². The van der Waals surface area contributed by atoms with Crippen LogP contribution in [0.5, 0.6) is 5.75 Å². The van der Waals surface area contributed by atoms with Crippen LogP contribution in [0.3, 0.4) is 0 Å². The summed E-state index contributed by atoms with van der Waals surface area (Å²) < 4.78 is 15.0. The molecule has 0 saturated heterocycles. The van der Waals surface area contributed by atoms with Gasteiger partial charge in [-0.05, 0) is 35.9 Å². The Morgan fingerprint density at radius 2 is 1.88 bits per heavy atom. The molecule has 0 aromatic heterocycles. The number of esters is 2. The van der Waals surface area contributed by atoms with Gasteiger partial charge in [0.25, 0.3) is 0 Å². The Morgan fingerprint density at radius 3 is 2.68 bits per heavy atom. The minimum atomic E-state index is -0.517. The van der Waals surface area contributed by atoms with Crippen LogP contribution in [-0.2, 0) is 19.1 Å². The van der Waals surface area contributed by atoms with E-state index in [9.17, 15) is 9.59 Å². The number of rotatable bonds is 6. The monoisotopic (exact) mass is 338 g/mol. The van der Waals surface area contributed by atoms with E-state index in [1.165, 1.54) is 12.2 Å². The SMILES string of the molecule is CCOC(=O)C=CC#CCOC(=O)COc1ccc2ccccc2c1. The second-order valence-corrected chi connectivity index (χ2v) is 4.86. The van der Waals surface area contributed by atoms with Crippen LogP contribution in [0.15, 0.2) is 54.6 Å². The van der Waals surface area contributed by atoms with E-state index >= 15 is 0 Å². The normalized spacial score (nSPS) is 10.1. The Balaban J connectivity index is 1.72. The largest absolute Gasteiger partial charge is 0.482 e. The fourth-order valence-electron chi connectivity index (χ4n) is 1.96. The summed E-state index contributed by atoms with van der Waals surface area (Å²) in [5.74, 6) is 4.79. The molecule has 0 N–H and O–H groups in total. The summed E-state index contributed by atoms with van der Waals surface area (Å²) in [5.41, 5.74) is 0. The molecule has 0 amide bonds. The summed E-state index contributed by atoms with van der Waals surface area (Å²) in [6, 6.07) is 13.5. The molecule has 0 fully saturated rings. The molecule has 5 heteroatoms. The van der Waals surface area contributed by atoms with E-state index < -0.39 is 11.9 Å². The smallest absolute Gasteiger partial charge is 0.345 e. The van der Waals surface area contributed by atoms with Gasteiger partial charge in [-0.2, -0.15) is 0 Å². The molecule has 2 rings (SSSR count). The summed E-state index contributed by atoms with van der Waals surface area (Å²) >= 11 is 0. The van der Waals surface area contributed by atoms with E-state index in [1.807, 2.05) is 36.4 Å². The summed E-state index contributed by atoms with van der Waals surface area (Å²) in [5, 5.41) is 2.14. The maximum Gasteiger partial charge on any atom is 0.345 e. The zero-order chi connectivity index (χ0) is 17.9. The van der Waals surface area contributed by atoms with Crippen molar-refractivity contribution < 1.29 is 23.8 Å². The molecule has 0 aliphatic heterocycles. The Labute approximate surface area is 146 Å². The second-order valence-electron chi connectivity index (χ2n) is 4.86. The molecule has 5 nitrogen and oxygen atoms in total. The summed E-state index contributed by atoms with van der Waals surface area (Å²) in [7, 11) is 0. The van der Waals surface area contributed by atoms with Crippen LogP contribution < -0.4 is 4.74 Å². The molecule has 0 aliphatic rings. The van der Waals surface area contributed by atoms with Crippen LogP contribution >= 0.6 is 0 Å². The van der Waals surface area contributed by atoms with Crippen LogP contribution in [0, 0.1) is 11.8 Å². The number of benzene rings is 2. The third kappa shape index (κ3) is 6.40. The first kappa shape index (κ1) is 18.1. The van der Waals surface area contributed by atoms with Crippen molar-refractivity contribution in [3.63, 3.8) is 0 Å². The maximum absolute atomic E-state index is 11.6. The minimum Gasteiger partial charge on any atom is -0.482 e. The van der Waals surface area contributed by atoms with Crippen LogP contribution in [0.2, 0.25) is 0 Å². The van der Waals surface area contributed by atoms with Gasteiger partial charge >= 0.3 is 11.9 Å². The third-order valence-corrected chi connectivity index (χ3v) is 3.07. The molecule has 2 aromatic carbocycles. The van der Waals surface area contributed by atoms with Crippen molar-refractivity contribution in [2.24, 2.45) is 0 Å².